The van der Waals surface area contributed by atoms with Gasteiger partial charge < -0.3 is 15.5 Å². The van der Waals surface area contributed by atoms with Crippen LogP contribution in [-0.2, 0) is 14.4 Å². The molecule has 3 aliphatic heterocycles. The van der Waals surface area contributed by atoms with Crippen LogP contribution in [-0.4, -0.2) is 47.8 Å². The van der Waals surface area contributed by atoms with Crippen LogP contribution in [0.3, 0.4) is 0 Å². The number of amides is 3. The first-order valence-corrected chi connectivity index (χ1v) is 7.01. The minimum absolute atomic E-state index is 0.0295. The molecule has 3 rings (SSSR count). The molecule has 0 aromatic rings. The third kappa shape index (κ3) is 2.43. The lowest BCUT2D eigenvalue weighted by molar-refractivity contribution is -0.137. The minimum Gasteiger partial charge on any atom is -0.353 e. The smallest absolute Gasteiger partial charge is 0.245 e. The highest BCUT2D eigenvalue weighted by Crippen LogP contribution is 2.26. The number of piperidine rings is 2. The van der Waals surface area contributed by atoms with Gasteiger partial charge in [0.25, 0.3) is 0 Å². The van der Waals surface area contributed by atoms with E-state index in [1.807, 2.05) is 4.90 Å². The number of hydrogen-bond donors (Lipinski definition) is 2. The van der Waals surface area contributed by atoms with Gasteiger partial charge in [0.1, 0.15) is 6.04 Å². The first-order valence-electron chi connectivity index (χ1n) is 7.01. The first kappa shape index (κ1) is 12.4. The van der Waals surface area contributed by atoms with Crippen molar-refractivity contribution < 1.29 is 14.4 Å². The van der Waals surface area contributed by atoms with Crippen molar-refractivity contribution in [3.05, 3.63) is 0 Å². The van der Waals surface area contributed by atoms with Gasteiger partial charge in [-0.2, -0.15) is 0 Å². The van der Waals surface area contributed by atoms with Crippen LogP contribution < -0.4 is 10.6 Å². The van der Waals surface area contributed by atoms with E-state index in [4.69, 9.17) is 0 Å². The van der Waals surface area contributed by atoms with Crippen molar-refractivity contribution in [2.24, 2.45) is 5.92 Å². The van der Waals surface area contributed by atoms with Crippen LogP contribution in [0.2, 0.25) is 0 Å². The van der Waals surface area contributed by atoms with Gasteiger partial charge in [0, 0.05) is 32.0 Å². The Morgan fingerprint density at radius 3 is 2.53 bits per heavy atom. The molecule has 19 heavy (non-hydrogen) atoms. The summed E-state index contributed by atoms with van der Waals surface area (Å²) in [7, 11) is 0. The molecule has 3 saturated heterocycles. The second-order valence-corrected chi connectivity index (χ2v) is 5.70. The van der Waals surface area contributed by atoms with Gasteiger partial charge in [0.05, 0.1) is 0 Å². The van der Waals surface area contributed by atoms with Crippen molar-refractivity contribution in [2.45, 2.75) is 44.2 Å². The van der Waals surface area contributed by atoms with Gasteiger partial charge >= 0.3 is 0 Å². The predicted molar refractivity (Wildman–Crippen MR) is 67.0 cm³/mol. The number of carbonyl (C=O) groups excluding carboxylic acids is 3. The lowest BCUT2D eigenvalue weighted by Crippen LogP contribution is -2.57. The summed E-state index contributed by atoms with van der Waals surface area (Å²) in [6, 6.07) is -0.106. The Morgan fingerprint density at radius 2 is 1.79 bits per heavy atom. The van der Waals surface area contributed by atoms with Crippen LogP contribution in [0.25, 0.3) is 0 Å². The Morgan fingerprint density at radius 1 is 1.05 bits per heavy atom. The van der Waals surface area contributed by atoms with Crippen molar-refractivity contribution in [3.8, 4) is 0 Å². The van der Waals surface area contributed by atoms with Crippen LogP contribution in [0, 0.1) is 5.92 Å². The zero-order valence-corrected chi connectivity index (χ0v) is 10.9. The second kappa shape index (κ2) is 4.83. The fourth-order valence-corrected chi connectivity index (χ4v) is 3.33. The molecule has 3 heterocycles. The van der Waals surface area contributed by atoms with Crippen molar-refractivity contribution in [3.63, 3.8) is 0 Å². The number of hydrogen-bond acceptors (Lipinski definition) is 3. The molecule has 3 unspecified atom stereocenters. The normalized spacial score (nSPS) is 34.5. The summed E-state index contributed by atoms with van der Waals surface area (Å²) in [5.74, 6) is 0.510. The summed E-state index contributed by atoms with van der Waals surface area (Å²) in [4.78, 5) is 36.7. The molecule has 6 heteroatoms. The molecule has 6 nitrogen and oxygen atoms in total. The summed E-state index contributed by atoms with van der Waals surface area (Å²) < 4.78 is 0. The van der Waals surface area contributed by atoms with E-state index < -0.39 is 0 Å². The van der Waals surface area contributed by atoms with Crippen LogP contribution in [0.5, 0.6) is 0 Å². The van der Waals surface area contributed by atoms with Crippen molar-refractivity contribution in [2.75, 3.05) is 13.1 Å². The lowest BCUT2D eigenvalue weighted by atomic mass is 9.85. The summed E-state index contributed by atoms with van der Waals surface area (Å²) in [5, 5.41) is 5.74. The van der Waals surface area contributed by atoms with Gasteiger partial charge in [0.2, 0.25) is 17.7 Å². The molecular formula is C13H19N3O3. The molecule has 2 N–H and O–H groups in total. The number of rotatable bonds is 1. The molecule has 3 fully saturated rings. The zero-order valence-electron chi connectivity index (χ0n) is 10.9. The summed E-state index contributed by atoms with van der Waals surface area (Å²) >= 11 is 0. The Labute approximate surface area is 111 Å². The van der Waals surface area contributed by atoms with Gasteiger partial charge in [0.15, 0.2) is 0 Å². The predicted octanol–water partition coefficient (Wildman–Crippen LogP) is -0.608. The molecule has 0 aliphatic carbocycles. The Hall–Kier alpha value is -1.59. The molecule has 0 saturated carbocycles. The quantitative estimate of drug-likeness (QED) is 0.664. The molecule has 0 radical (unpaired) electrons. The molecule has 0 aromatic heterocycles. The fourth-order valence-electron chi connectivity index (χ4n) is 3.33. The average molecular weight is 265 g/mol. The van der Waals surface area contributed by atoms with Crippen molar-refractivity contribution in [1.82, 2.24) is 15.5 Å². The largest absolute Gasteiger partial charge is 0.353 e. The average Bonchev–Trinajstić information content (AvgIpc) is 2.84. The van der Waals surface area contributed by atoms with Gasteiger partial charge in [-0.15, -0.1) is 0 Å². The third-order valence-electron chi connectivity index (χ3n) is 4.43. The highest BCUT2D eigenvalue weighted by molar-refractivity contribution is 5.90. The maximum Gasteiger partial charge on any atom is 0.245 e. The number of nitrogens with one attached hydrogen (secondary N) is 2. The summed E-state index contributed by atoms with van der Waals surface area (Å²) in [5.41, 5.74) is 0. The van der Waals surface area contributed by atoms with Crippen molar-refractivity contribution >= 4 is 17.7 Å². The maximum absolute atomic E-state index is 12.3. The van der Waals surface area contributed by atoms with Crippen LogP contribution >= 0.6 is 0 Å². The number of nitrogens with zero attached hydrogens (tertiary/aromatic N) is 1. The van der Waals surface area contributed by atoms with Crippen LogP contribution in [0.1, 0.15) is 32.1 Å². The van der Waals surface area contributed by atoms with E-state index in [1.165, 1.54) is 0 Å². The van der Waals surface area contributed by atoms with E-state index in [1.54, 1.807) is 0 Å². The maximum atomic E-state index is 12.3. The third-order valence-corrected chi connectivity index (χ3v) is 4.43. The number of likely N-dealkylation sites (tertiary alicyclic amines) is 1. The van der Waals surface area contributed by atoms with E-state index in [2.05, 4.69) is 10.6 Å². The van der Waals surface area contributed by atoms with E-state index in [9.17, 15) is 14.4 Å². The van der Waals surface area contributed by atoms with Gasteiger partial charge in [-0.05, 0) is 25.2 Å². The van der Waals surface area contributed by atoms with Crippen LogP contribution in [0.15, 0.2) is 0 Å². The second-order valence-electron chi connectivity index (χ2n) is 5.70. The van der Waals surface area contributed by atoms with Gasteiger partial charge in [-0.3, -0.25) is 14.4 Å². The molecule has 104 valence electrons. The molecule has 0 bridgehead atoms. The monoisotopic (exact) mass is 265 g/mol. The summed E-state index contributed by atoms with van der Waals surface area (Å²) in [6.45, 7) is 1.38. The molecule has 0 aromatic carbocycles. The fraction of sp³-hybridized carbons (Fsp3) is 0.769. The van der Waals surface area contributed by atoms with Gasteiger partial charge in [-0.1, -0.05) is 0 Å². The Kier molecular flexibility index (Phi) is 3.16. The SMILES string of the molecule is O=C1CCC(C(=O)N2CCC3NC(=O)CCC3C2)N1. The highest BCUT2D eigenvalue weighted by Gasteiger charge is 2.38. The van der Waals surface area contributed by atoms with Crippen LogP contribution in [0.4, 0.5) is 0 Å². The lowest BCUT2D eigenvalue weighted by Gasteiger charge is -2.42. The van der Waals surface area contributed by atoms with Gasteiger partial charge in [-0.25, -0.2) is 0 Å². The molecule has 3 aliphatic rings. The first-order chi connectivity index (χ1) is 9.13. The van der Waals surface area contributed by atoms with E-state index in [0.29, 0.717) is 38.3 Å². The molecule has 0 spiro atoms. The Balaban J connectivity index is 1.60. The highest BCUT2D eigenvalue weighted by atomic mass is 16.2. The molecular weight excluding hydrogens is 246 g/mol. The molecule has 3 amide bonds. The minimum atomic E-state index is -0.331. The summed E-state index contributed by atoms with van der Waals surface area (Å²) in [6.07, 6.45) is 3.30. The van der Waals surface area contributed by atoms with E-state index >= 15 is 0 Å². The van der Waals surface area contributed by atoms with E-state index in [-0.39, 0.29) is 29.8 Å². The number of carbonyl (C=O) groups is 3. The topological polar surface area (TPSA) is 78.5 Å². The van der Waals surface area contributed by atoms with E-state index in [0.717, 1.165) is 12.8 Å². The molecule has 3 atom stereocenters. The zero-order chi connectivity index (χ0) is 13.4. The number of fused-ring (bicyclic) bond motifs is 1. The Bertz CT molecular complexity index is 423. The standard InChI is InChI=1S/C13H19N3O3/c17-11-3-1-8-7-16(6-5-9(8)14-11)13(19)10-2-4-12(18)15-10/h8-10H,1-7H2,(H,14,17)(H,15,18). The van der Waals surface area contributed by atoms with Crippen molar-refractivity contribution in [1.29, 1.82) is 0 Å².